The highest BCUT2D eigenvalue weighted by Crippen LogP contribution is 2.33. The Kier molecular flexibility index (Phi) is 4.84. The maximum Gasteiger partial charge on any atom is 0.0872 e. The van der Waals surface area contributed by atoms with E-state index in [-0.39, 0.29) is 0 Å². The van der Waals surface area contributed by atoms with Gasteiger partial charge in [0.2, 0.25) is 0 Å². The molecule has 6 rings (SSSR count). The molecule has 3 aromatic heterocycles. The van der Waals surface area contributed by atoms with E-state index in [1.807, 2.05) is 10.7 Å². The Hall–Kier alpha value is -3.31. The number of aryl methyl sites for hydroxylation is 1. The molecule has 1 aliphatic heterocycles. The number of nitrogens with zero attached hydrogens (tertiary/aromatic N) is 5. The molecule has 5 nitrogen and oxygen atoms in total. The Morgan fingerprint density at radius 1 is 0.906 bits per heavy atom. The molecule has 1 fully saturated rings. The van der Waals surface area contributed by atoms with Gasteiger partial charge in [-0.1, -0.05) is 41.6 Å². The van der Waals surface area contributed by atoms with Crippen LogP contribution in [0.5, 0.6) is 0 Å². The molecule has 160 valence electrons. The van der Waals surface area contributed by atoms with Crippen molar-refractivity contribution in [3.63, 3.8) is 0 Å². The first-order valence-corrected chi connectivity index (χ1v) is 11.6. The fourth-order valence-electron chi connectivity index (χ4n) is 5.29. The lowest BCUT2D eigenvalue weighted by Crippen LogP contribution is -2.34. The van der Waals surface area contributed by atoms with Crippen LogP contribution in [0.25, 0.3) is 27.3 Å². The van der Waals surface area contributed by atoms with E-state index in [4.69, 9.17) is 4.98 Å². The Morgan fingerprint density at radius 2 is 1.75 bits per heavy atom. The summed E-state index contributed by atoms with van der Waals surface area (Å²) in [5.74, 6) is 0.623. The zero-order valence-corrected chi connectivity index (χ0v) is 18.4. The molecule has 0 N–H and O–H groups in total. The molecule has 0 unspecified atom stereocenters. The molecule has 5 aromatic rings. The summed E-state index contributed by atoms with van der Waals surface area (Å²) in [4.78, 5) is 7.35. The Labute approximate surface area is 187 Å². The minimum Gasteiger partial charge on any atom is -0.303 e. The topological polar surface area (TPSA) is 46.3 Å². The van der Waals surface area contributed by atoms with Crippen molar-refractivity contribution in [1.82, 2.24) is 24.7 Å². The molecule has 0 aliphatic carbocycles. The van der Waals surface area contributed by atoms with Gasteiger partial charge in [0, 0.05) is 23.0 Å². The summed E-state index contributed by atoms with van der Waals surface area (Å²) in [6, 6.07) is 21.9. The van der Waals surface area contributed by atoms with Crippen molar-refractivity contribution in [3.8, 4) is 0 Å². The van der Waals surface area contributed by atoms with Crippen molar-refractivity contribution in [2.75, 3.05) is 19.6 Å². The zero-order valence-electron chi connectivity index (χ0n) is 18.4. The van der Waals surface area contributed by atoms with Crippen LogP contribution in [0.1, 0.15) is 35.6 Å². The highest BCUT2D eigenvalue weighted by atomic mass is 15.4. The summed E-state index contributed by atoms with van der Waals surface area (Å²) in [5.41, 5.74) is 7.24. The third-order valence-electron chi connectivity index (χ3n) is 7.03. The van der Waals surface area contributed by atoms with Gasteiger partial charge in [-0.3, -0.25) is 4.98 Å². The molecule has 0 spiro atoms. The van der Waals surface area contributed by atoms with Crippen LogP contribution in [0.4, 0.5) is 0 Å². The number of fused-ring (bicyclic) bond motifs is 4. The third kappa shape index (κ3) is 3.43. The Balaban J connectivity index is 1.15. The SMILES string of the molecule is Cc1ccc2c(C3CCN(CCc4cccc5c4ccc4cnnn45)CC3)cccc2n1. The molecule has 0 radical (unpaired) electrons. The van der Waals surface area contributed by atoms with Crippen molar-refractivity contribution in [2.45, 2.75) is 32.1 Å². The smallest absolute Gasteiger partial charge is 0.0872 e. The molecule has 4 heterocycles. The van der Waals surface area contributed by atoms with Gasteiger partial charge in [-0.2, -0.15) is 0 Å². The largest absolute Gasteiger partial charge is 0.303 e. The monoisotopic (exact) mass is 421 g/mol. The molecule has 0 bridgehead atoms. The van der Waals surface area contributed by atoms with Gasteiger partial charge >= 0.3 is 0 Å². The summed E-state index contributed by atoms with van der Waals surface area (Å²) in [6.45, 7) is 5.46. The summed E-state index contributed by atoms with van der Waals surface area (Å²) >= 11 is 0. The first-order valence-electron chi connectivity index (χ1n) is 11.6. The van der Waals surface area contributed by atoms with Crippen LogP contribution in [0.15, 0.2) is 66.9 Å². The van der Waals surface area contributed by atoms with E-state index in [9.17, 15) is 0 Å². The Morgan fingerprint density at radius 3 is 2.66 bits per heavy atom. The van der Waals surface area contributed by atoms with Gasteiger partial charge in [0.1, 0.15) is 0 Å². The van der Waals surface area contributed by atoms with Crippen molar-refractivity contribution < 1.29 is 0 Å². The number of rotatable bonds is 4. The van der Waals surface area contributed by atoms with Crippen molar-refractivity contribution in [1.29, 1.82) is 0 Å². The molecule has 32 heavy (non-hydrogen) atoms. The second kappa shape index (κ2) is 7.99. The van der Waals surface area contributed by atoms with Gasteiger partial charge in [-0.25, -0.2) is 4.52 Å². The van der Waals surface area contributed by atoms with Crippen molar-refractivity contribution in [2.24, 2.45) is 0 Å². The maximum absolute atomic E-state index is 4.73. The van der Waals surface area contributed by atoms with E-state index < -0.39 is 0 Å². The van der Waals surface area contributed by atoms with Gasteiger partial charge < -0.3 is 4.90 Å². The third-order valence-corrected chi connectivity index (χ3v) is 7.03. The molecule has 1 saturated heterocycles. The lowest BCUT2D eigenvalue weighted by atomic mass is 9.87. The van der Waals surface area contributed by atoms with E-state index in [0.717, 1.165) is 48.3 Å². The van der Waals surface area contributed by atoms with Crippen LogP contribution < -0.4 is 0 Å². The average Bonchev–Trinajstić information content (AvgIpc) is 3.32. The molecule has 0 amide bonds. The fraction of sp³-hybridized carbons (Fsp3) is 0.296. The number of hydrogen-bond donors (Lipinski definition) is 0. The fourth-order valence-corrected chi connectivity index (χ4v) is 5.29. The van der Waals surface area contributed by atoms with Gasteiger partial charge in [0.05, 0.1) is 22.7 Å². The van der Waals surface area contributed by atoms with Gasteiger partial charge in [-0.15, -0.1) is 5.10 Å². The molecule has 0 atom stereocenters. The van der Waals surface area contributed by atoms with Crippen molar-refractivity contribution >= 4 is 27.3 Å². The van der Waals surface area contributed by atoms with Gasteiger partial charge in [-0.05, 0) is 80.6 Å². The second-order valence-electron chi connectivity index (χ2n) is 8.99. The predicted molar refractivity (Wildman–Crippen MR) is 129 cm³/mol. The summed E-state index contributed by atoms with van der Waals surface area (Å²) < 4.78 is 1.94. The molecule has 0 saturated carbocycles. The van der Waals surface area contributed by atoms with Crippen LogP contribution in [-0.4, -0.2) is 44.3 Å². The van der Waals surface area contributed by atoms with E-state index in [1.165, 1.54) is 34.7 Å². The van der Waals surface area contributed by atoms with Gasteiger partial charge in [0.15, 0.2) is 0 Å². The van der Waals surface area contributed by atoms with Crippen LogP contribution in [0.2, 0.25) is 0 Å². The molecular weight excluding hydrogens is 394 g/mol. The van der Waals surface area contributed by atoms with Crippen LogP contribution in [0, 0.1) is 6.92 Å². The average molecular weight is 422 g/mol. The van der Waals surface area contributed by atoms with Crippen LogP contribution in [0.3, 0.4) is 0 Å². The predicted octanol–water partition coefficient (Wildman–Crippen LogP) is 5.16. The van der Waals surface area contributed by atoms with E-state index >= 15 is 0 Å². The van der Waals surface area contributed by atoms with Crippen LogP contribution in [-0.2, 0) is 6.42 Å². The zero-order chi connectivity index (χ0) is 21.5. The number of aromatic nitrogens is 4. The number of benzene rings is 2. The van der Waals surface area contributed by atoms with Gasteiger partial charge in [0.25, 0.3) is 0 Å². The quantitative estimate of drug-likeness (QED) is 0.402. The number of piperidine rings is 1. The standard InChI is InChI=1S/C27H27N5/c1-19-8-10-25-23(5-3-6-26(25)29-19)21-13-16-31(17-14-21)15-12-20-4-2-7-27-24(20)11-9-22-18-28-30-32(22)27/h2-11,18,21H,12-17H2,1H3. The minimum absolute atomic E-state index is 0.623. The first kappa shape index (κ1) is 19.4. The van der Waals surface area contributed by atoms with E-state index in [2.05, 4.69) is 82.8 Å². The van der Waals surface area contributed by atoms with E-state index in [0.29, 0.717) is 5.92 Å². The summed E-state index contributed by atoms with van der Waals surface area (Å²) in [6.07, 6.45) is 5.29. The van der Waals surface area contributed by atoms with E-state index in [1.54, 1.807) is 0 Å². The van der Waals surface area contributed by atoms with Crippen molar-refractivity contribution in [3.05, 3.63) is 83.7 Å². The first-order chi connectivity index (χ1) is 15.8. The highest BCUT2D eigenvalue weighted by molar-refractivity contribution is 5.85. The Bertz CT molecular complexity index is 1410. The maximum atomic E-state index is 4.73. The number of hydrogen-bond acceptors (Lipinski definition) is 4. The number of pyridine rings is 2. The lowest BCUT2D eigenvalue weighted by molar-refractivity contribution is 0.215. The lowest BCUT2D eigenvalue weighted by Gasteiger charge is -2.32. The summed E-state index contributed by atoms with van der Waals surface area (Å²) in [5, 5.41) is 10.9. The molecule has 5 heteroatoms. The summed E-state index contributed by atoms with van der Waals surface area (Å²) in [7, 11) is 0. The van der Waals surface area contributed by atoms with Crippen LogP contribution >= 0.6 is 0 Å². The molecule has 1 aliphatic rings. The minimum atomic E-state index is 0.623. The highest BCUT2D eigenvalue weighted by Gasteiger charge is 2.22. The molecular formula is C27H27N5. The second-order valence-corrected chi connectivity index (χ2v) is 8.99. The molecule has 2 aromatic carbocycles. The normalized spacial score (nSPS) is 15.8. The number of likely N-dealkylation sites (tertiary alicyclic amines) is 1.